The first-order valence-corrected chi connectivity index (χ1v) is 10.3. The van der Waals surface area contributed by atoms with Gasteiger partial charge in [0.1, 0.15) is 12.9 Å². The Hall–Kier alpha value is -0.900. The molecule has 0 aromatic carbocycles. The zero-order valence-electron chi connectivity index (χ0n) is 16.9. The van der Waals surface area contributed by atoms with E-state index in [1.807, 2.05) is 11.6 Å². The van der Waals surface area contributed by atoms with Crippen molar-refractivity contribution in [1.29, 1.82) is 0 Å². The summed E-state index contributed by atoms with van der Waals surface area (Å²) in [4.78, 5) is 7.50. The number of hydrogen-bond acceptors (Lipinski definition) is 4. The van der Waals surface area contributed by atoms with Crippen LogP contribution in [0.25, 0.3) is 0 Å². The van der Waals surface area contributed by atoms with Gasteiger partial charge in [-0.25, -0.2) is 4.99 Å². The van der Waals surface area contributed by atoms with E-state index in [0.717, 1.165) is 24.9 Å². The number of aryl methyl sites for hydroxylation is 1. The molecule has 1 aliphatic heterocycles. The van der Waals surface area contributed by atoms with Gasteiger partial charge in [-0.05, 0) is 45.7 Å². The van der Waals surface area contributed by atoms with Crippen molar-refractivity contribution >= 4 is 29.9 Å². The molecule has 2 fully saturated rings. The van der Waals surface area contributed by atoms with Crippen LogP contribution in [0.1, 0.15) is 64.1 Å². The third-order valence-corrected chi connectivity index (χ3v) is 5.92. The first-order chi connectivity index (χ1) is 12.7. The van der Waals surface area contributed by atoms with Crippen LogP contribution < -0.4 is 10.6 Å². The quantitative estimate of drug-likeness (QED) is 0.366. The molecule has 1 saturated carbocycles. The van der Waals surface area contributed by atoms with Crippen molar-refractivity contribution in [2.75, 3.05) is 26.2 Å². The molecule has 0 radical (unpaired) electrons. The van der Waals surface area contributed by atoms with Gasteiger partial charge in [-0.3, -0.25) is 4.90 Å². The fraction of sp³-hybridized carbons (Fsp3) is 0.842. The second kappa shape index (κ2) is 11.2. The molecule has 1 aliphatic carbocycles. The van der Waals surface area contributed by atoms with Crippen molar-refractivity contribution in [2.45, 2.75) is 70.4 Å². The molecule has 154 valence electrons. The Balaban J connectivity index is 0.00000261. The summed E-state index contributed by atoms with van der Waals surface area (Å²) < 4.78 is 1.92. The van der Waals surface area contributed by atoms with E-state index in [9.17, 15) is 0 Å². The summed E-state index contributed by atoms with van der Waals surface area (Å²) >= 11 is 0. The summed E-state index contributed by atoms with van der Waals surface area (Å²) in [7, 11) is 1.96. The van der Waals surface area contributed by atoms with Crippen molar-refractivity contribution in [1.82, 2.24) is 30.3 Å². The highest BCUT2D eigenvalue weighted by molar-refractivity contribution is 14.0. The molecule has 1 aromatic heterocycles. The van der Waals surface area contributed by atoms with Gasteiger partial charge in [0.2, 0.25) is 0 Å². The number of aliphatic imine (C=N–C) groups is 1. The minimum atomic E-state index is 0. The van der Waals surface area contributed by atoms with E-state index in [1.54, 1.807) is 6.33 Å². The Morgan fingerprint density at radius 2 is 1.81 bits per heavy atom. The molecule has 2 heterocycles. The number of rotatable bonds is 6. The van der Waals surface area contributed by atoms with Crippen LogP contribution >= 0.6 is 24.0 Å². The standard InChI is InChI=1S/C19H35N7.HI/c1-3-20-18(21-14-17-24-23-16-25(17)2)22-15-19(10-6-4-7-11-19)26-12-8-5-9-13-26;/h16H,3-15H2,1-2H3,(H2,20,21,22);1H. The van der Waals surface area contributed by atoms with Crippen LogP contribution in [0.3, 0.4) is 0 Å². The van der Waals surface area contributed by atoms with Crippen molar-refractivity contribution in [3.05, 3.63) is 12.2 Å². The van der Waals surface area contributed by atoms with E-state index in [2.05, 4.69) is 32.7 Å². The Labute approximate surface area is 180 Å². The minimum Gasteiger partial charge on any atom is -0.357 e. The van der Waals surface area contributed by atoms with Crippen molar-refractivity contribution < 1.29 is 0 Å². The summed E-state index contributed by atoms with van der Waals surface area (Å²) in [6.45, 7) is 7.02. The number of halogens is 1. The average Bonchev–Trinajstić information content (AvgIpc) is 3.10. The second-order valence-corrected chi connectivity index (χ2v) is 7.74. The monoisotopic (exact) mass is 489 g/mol. The third-order valence-electron chi connectivity index (χ3n) is 5.92. The summed E-state index contributed by atoms with van der Waals surface area (Å²) in [5.74, 6) is 1.77. The van der Waals surface area contributed by atoms with Gasteiger partial charge in [-0.1, -0.05) is 25.7 Å². The van der Waals surface area contributed by atoms with Crippen LogP contribution in [0.5, 0.6) is 0 Å². The van der Waals surface area contributed by atoms with Crippen LogP contribution in [0.4, 0.5) is 0 Å². The van der Waals surface area contributed by atoms with E-state index in [-0.39, 0.29) is 24.0 Å². The largest absolute Gasteiger partial charge is 0.357 e. The molecule has 0 amide bonds. The number of likely N-dealkylation sites (tertiary alicyclic amines) is 1. The lowest BCUT2D eigenvalue weighted by Crippen LogP contribution is -2.59. The van der Waals surface area contributed by atoms with Gasteiger partial charge in [-0.15, -0.1) is 34.2 Å². The molecule has 2 aliphatic rings. The molecule has 7 nitrogen and oxygen atoms in total. The van der Waals surface area contributed by atoms with Crippen LogP contribution in [0.15, 0.2) is 11.3 Å². The highest BCUT2D eigenvalue weighted by Gasteiger charge is 2.38. The number of nitrogens with one attached hydrogen (secondary N) is 2. The number of guanidine groups is 1. The van der Waals surface area contributed by atoms with E-state index in [1.165, 1.54) is 64.5 Å². The molecule has 0 atom stereocenters. The van der Waals surface area contributed by atoms with Crippen molar-refractivity contribution in [2.24, 2.45) is 12.0 Å². The fourth-order valence-corrected chi connectivity index (χ4v) is 4.37. The maximum atomic E-state index is 4.73. The Bertz CT molecular complexity index is 574. The van der Waals surface area contributed by atoms with Crippen molar-refractivity contribution in [3.8, 4) is 0 Å². The van der Waals surface area contributed by atoms with E-state index in [0.29, 0.717) is 12.1 Å². The number of nitrogens with zero attached hydrogens (tertiary/aromatic N) is 5. The van der Waals surface area contributed by atoms with Crippen LogP contribution in [-0.2, 0) is 13.6 Å². The summed E-state index contributed by atoms with van der Waals surface area (Å²) in [6.07, 6.45) is 12.5. The SMILES string of the molecule is CCNC(=NCc1nncn1C)NCC1(N2CCCCC2)CCCCC1.I. The molecule has 8 heteroatoms. The van der Waals surface area contributed by atoms with E-state index >= 15 is 0 Å². The zero-order chi connectivity index (χ0) is 18.2. The van der Waals surface area contributed by atoms with Gasteiger partial charge in [-0.2, -0.15) is 0 Å². The van der Waals surface area contributed by atoms with Gasteiger partial charge < -0.3 is 15.2 Å². The van der Waals surface area contributed by atoms with Gasteiger partial charge >= 0.3 is 0 Å². The molecular formula is C19H36IN7. The molecule has 0 spiro atoms. The van der Waals surface area contributed by atoms with Crippen molar-refractivity contribution in [3.63, 3.8) is 0 Å². The molecule has 27 heavy (non-hydrogen) atoms. The summed E-state index contributed by atoms with van der Waals surface area (Å²) in [6, 6.07) is 0. The first-order valence-electron chi connectivity index (χ1n) is 10.3. The van der Waals surface area contributed by atoms with Crippen LogP contribution in [0, 0.1) is 0 Å². The van der Waals surface area contributed by atoms with Gasteiger partial charge in [0, 0.05) is 25.7 Å². The summed E-state index contributed by atoms with van der Waals surface area (Å²) in [5, 5.41) is 15.1. The van der Waals surface area contributed by atoms with E-state index < -0.39 is 0 Å². The maximum absolute atomic E-state index is 4.73. The zero-order valence-corrected chi connectivity index (χ0v) is 19.2. The van der Waals surface area contributed by atoms with Crippen LogP contribution in [0.2, 0.25) is 0 Å². The summed E-state index contributed by atoms with van der Waals surface area (Å²) in [5.41, 5.74) is 0.305. The lowest BCUT2D eigenvalue weighted by molar-refractivity contribution is 0.0368. The number of hydrogen-bond donors (Lipinski definition) is 2. The first kappa shape index (κ1) is 22.4. The van der Waals surface area contributed by atoms with Crippen LogP contribution in [-0.4, -0.2) is 57.3 Å². The fourth-order valence-electron chi connectivity index (χ4n) is 4.37. The molecule has 1 saturated heterocycles. The van der Waals surface area contributed by atoms with Gasteiger partial charge in [0.15, 0.2) is 11.8 Å². The van der Waals surface area contributed by atoms with Gasteiger partial charge in [0.05, 0.1) is 0 Å². The average molecular weight is 489 g/mol. The Morgan fingerprint density at radius 3 is 2.44 bits per heavy atom. The topological polar surface area (TPSA) is 70.4 Å². The highest BCUT2D eigenvalue weighted by atomic mass is 127. The second-order valence-electron chi connectivity index (χ2n) is 7.74. The number of aromatic nitrogens is 3. The maximum Gasteiger partial charge on any atom is 0.191 e. The predicted molar refractivity (Wildman–Crippen MR) is 120 cm³/mol. The molecule has 2 N–H and O–H groups in total. The Morgan fingerprint density at radius 1 is 1.11 bits per heavy atom. The molecule has 3 rings (SSSR count). The lowest BCUT2D eigenvalue weighted by atomic mass is 9.79. The highest BCUT2D eigenvalue weighted by Crippen LogP contribution is 2.35. The molecule has 1 aromatic rings. The predicted octanol–water partition coefficient (Wildman–Crippen LogP) is 2.68. The third kappa shape index (κ3) is 6.04. The normalized spacial score (nSPS) is 20.7. The van der Waals surface area contributed by atoms with E-state index in [4.69, 9.17) is 4.99 Å². The lowest BCUT2D eigenvalue weighted by Gasteiger charge is -2.48. The molecule has 0 bridgehead atoms. The van der Waals surface area contributed by atoms with Gasteiger partial charge in [0.25, 0.3) is 0 Å². The Kier molecular flexibility index (Phi) is 9.28. The minimum absolute atomic E-state index is 0. The molecule has 0 unspecified atom stereocenters. The molecular weight excluding hydrogens is 453 g/mol. The smallest absolute Gasteiger partial charge is 0.191 e. The number of piperidine rings is 1.